The molecule has 0 bridgehead atoms. The van der Waals surface area contributed by atoms with E-state index < -0.39 is 0 Å². The van der Waals surface area contributed by atoms with Crippen LogP contribution in [0.3, 0.4) is 0 Å². The molecule has 0 radical (unpaired) electrons. The SMILES string of the molecule is CN(Cc1ccco1)C(=O)CSc1nc2ccccc2c(=O)n1CCC1=CCCCC1. The molecule has 6 nitrogen and oxygen atoms in total. The summed E-state index contributed by atoms with van der Waals surface area (Å²) in [6, 6.07) is 11.1. The summed E-state index contributed by atoms with van der Waals surface area (Å²) in [6.45, 7) is 1.000. The minimum Gasteiger partial charge on any atom is -0.467 e. The second-order valence-electron chi connectivity index (χ2n) is 7.84. The molecule has 2 heterocycles. The number of carbonyl (C=O) groups excluding carboxylic acids is 1. The van der Waals surface area contributed by atoms with Crippen LogP contribution in [0.25, 0.3) is 10.9 Å². The number of furan rings is 1. The Labute approximate surface area is 186 Å². The Hall–Kier alpha value is -2.80. The third kappa shape index (κ3) is 5.28. The third-order valence-electron chi connectivity index (χ3n) is 5.59. The van der Waals surface area contributed by atoms with E-state index in [2.05, 4.69) is 6.08 Å². The summed E-state index contributed by atoms with van der Waals surface area (Å²) in [4.78, 5) is 32.2. The maximum absolute atomic E-state index is 13.2. The molecule has 1 aliphatic carbocycles. The Morgan fingerprint density at radius 2 is 2.10 bits per heavy atom. The number of benzene rings is 1. The molecule has 3 aromatic rings. The molecule has 1 aliphatic rings. The molecule has 0 unspecified atom stereocenters. The second kappa shape index (κ2) is 10.0. The molecule has 0 spiro atoms. The molecule has 31 heavy (non-hydrogen) atoms. The van der Waals surface area contributed by atoms with Crippen LogP contribution in [0.4, 0.5) is 0 Å². The van der Waals surface area contributed by atoms with E-state index in [1.807, 2.05) is 36.4 Å². The molecule has 0 aliphatic heterocycles. The number of carbonyl (C=O) groups is 1. The summed E-state index contributed by atoms with van der Waals surface area (Å²) >= 11 is 1.32. The molecule has 0 fully saturated rings. The number of thioether (sulfide) groups is 1. The number of para-hydroxylation sites is 1. The van der Waals surface area contributed by atoms with Crippen molar-refractivity contribution in [3.05, 3.63) is 70.4 Å². The number of amides is 1. The highest BCUT2D eigenvalue weighted by atomic mass is 32.2. The van der Waals surface area contributed by atoms with Crippen LogP contribution in [-0.4, -0.2) is 33.2 Å². The fraction of sp³-hybridized carbons (Fsp3) is 0.375. The number of hydrogen-bond acceptors (Lipinski definition) is 5. The van der Waals surface area contributed by atoms with Crippen molar-refractivity contribution in [1.82, 2.24) is 14.5 Å². The van der Waals surface area contributed by atoms with Crippen LogP contribution in [-0.2, 0) is 17.9 Å². The Balaban J connectivity index is 1.52. The van der Waals surface area contributed by atoms with E-state index in [4.69, 9.17) is 9.40 Å². The normalized spacial score (nSPS) is 13.9. The van der Waals surface area contributed by atoms with Crippen molar-refractivity contribution in [2.24, 2.45) is 0 Å². The van der Waals surface area contributed by atoms with Crippen molar-refractivity contribution in [1.29, 1.82) is 0 Å². The average molecular weight is 438 g/mol. The first-order valence-corrected chi connectivity index (χ1v) is 11.7. The van der Waals surface area contributed by atoms with Gasteiger partial charge >= 0.3 is 0 Å². The average Bonchev–Trinajstić information content (AvgIpc) is 3.30. The monoisotopic (exact) mass is 437 g/mol. The molecule has 1 aromatic carbocycles. The molecular formula is C24H27N3O3S. The smallest absolute Gasteiger partial charge is 0.262 e. The lowest BCUT2D eigenvalue weighted by atomic mass is 9.97. The van der Waals surface area contributed by atoms with Gasteiger partial charge in [0.25, 0.3) is 5.56 Å². The molecule has 0 N–H and O–H groups in total. The van der Waals surface area contributed by atoms with Gasteiger partial charge in [0.05, 0.1) is 29.5 Å². The second-order valence-corrected chi connectivity index (χ2v) is 8.79. The fourth-order valence-electron chi connectivity index (χ4n) is 3.80. The van der Waals surface area contributed by atoms with Crippen molar-refractivity contribution < 1.29 is 9.21 Å². The third-order valence-corrected chi connectivity index (χ3v) is 6.55. The van der Waals surface area contributed by atoms with Crippen LogP contribution in [0.5, 0.6) is 0 Å². The van der Waals surface area contributed by atoms with Crippen LogP contribution in [0.2, 0.25) is 0 Å². The Morgan fingerprint density at radius 1 is 1.23 bits per heavy atom. The minimum absolute atomic E-state index is 0.0367. The number of rotatable bonds is 8. The summed E-state index contributed by atoms with van der Waals surface area (Å²) < 4.78 is 7.06. The van der Waals surface area contributed by atoms with Crippen molar-refractivity contribution in [3.8, 4) is 0 Å². The first-order valence-electron chi connectivity index (χ1n) is 10.7. The van der Waals surface area contributed by atoms with E-state index in [-0.39, 0.29) is 17.2 Å². The molecule has 162 valence electrons. The first-order chi connectivity index (χ1) is 15.1. The van der Waals surface area contributed by atoms with Gasteiger partial charge in [-0.15, -0.1) is 0 Å². The van der Waals surface area contributed by atoms with E-state index in [9.17, 15) is 9.59 Å². The van der Waals surface area contributed by atoms with Gasteiger partial charge in [-0.05, 0) is 56.4 Å². The summed E-state index contributed by atoms with van der Waals surface area (Å²) in [7, 11) is 1.75. The first kappa shape index (κ1) is 21.4. The zero-order valence-electron chi connectivity index (χ0n) is 17.8. The summed E-state index contributed by atoms with van der Waals surface area (Å²) in [6.07, 6.45) is 9.45. The number of nitrogens with zero attached hydrogens (tertiary/aromatic N) is 3. The lowest BCUT2D eigenvalue weighted by Crippen LogP contribution is -2.29. The number of hydrogen-bond donors (Lipinski definition) is 0. The van der Waals surface area contributed by atoms with Crippen LogP contribution in [0.15, 0.2) is 68.7 Å². The van der Waals surface area contributed by atoms with E-state index in [1.165, 1.54) is 30.2 Å². The maximum Gasteiger partial charge on any atom is 0.262 e. The van der Waals surface area contributed by atoms with Crippen LogP contribution in [0, 0.1) is 0 Å². The molecule has 0 saturated carbocycles. The van der Waals surface area contributed by atoms with E-state index in [1.54, 1.807) is 22.8 Å². The highest BCUT2D eigenvalue weighted by molar-refractivity contribution is 7.99. The lowest BCUT2D eigenvalue weighted by Gasteiger charge is -2.18. The zero-order valence-corrected chi connectivity index (χ0v) is 18.6. The summed E-state index contributed by atoms with van der Waals surface area (Å²) in [5, 5.41) is 1.21. The summed E-state index contributed by atoms with van der Waals surface area (Å²) in [5.74, 6) is 0.915. The van der Waals surface area contributed by atoms with Gasteiger partial charge in [-0.2, -0.15) is 0 Å². The standard InChI is InChI=1S/C24H27N3O3S/c1-26(16-19-10-7-15-30-19)22(28)17-31-24-25-21-12-6-5-11-20(21)23(29)27(24)14-13-18-8-3-2-4-9-18/h5-8,10-12,15H,2-4,9,13-14,16-17H2,1H3. The van der Waals surface area contributed by atoms with Gasteiger partial charge < -0.3 is 9.32 Å². The van der Waals surface area contributed by atoms with Crippen molar-refractivity contribution in [2.75, 3.05) is 12.8 Å². The molecule has 0 atom stereocenters. The predicted molar refractivity (Wildman–Crippen MR) is 123 cm³/mol. The highest BCUT2D eigenvalue weighted by Crippen LogP contribution is 2.23. The lowest BCUT2D eigenvalue weighted by molar-refractivity contribution is -0.127. The summed E-state index contributed by atoms with van der Waals surface area (Å²) in [5.41, 5.74) is 2.04. The quantitative estimate of drug-likeness (QED) is 0.292. The van der Waals surface area contributed by atoms with Gasteiger partial charge in [-0.25, -0.2) is 4.98 Å². The Kier molecular flexibility index (Phi) is 6.92. The van der Waals surface area contributed by atoms with Gasteiger partial charge in [-0.1, -0.05) is 35.5 Å². The Bertz CT molecular complexity index is 1130. The largest absolute Gasteiger partial charge is 0.467 e. The minimum atomic E-state index is -0.0408. The topological polar surface area (TPSA) is 68.3 Å². The number of fused-ring (bicyclic) bond motifs is 1. The van der Waals surface area contributed by atoms with E-state index in [0.29, 0.717) is 29.1 Å². The van der Waals surface area contributed by atoms with Gasteiger partial charge in [0, 0.05) is 13.6 Å². The number of allylic oxidation sites excluding steroid dienone is 2. The predicted octanol–water partition coefficient (Wildman–Crippen LogP) is 4.63. The zero-order chi connectivity index (χ0) is 21.6. The van der Waals surface area contributed by atoms with Crippen molar-refractivity contribution >= 4 is 28.6 Å². The highest BCUT2D eigenvalue weighted by Gasteiger charge is 2.16. The van der Waals surface area contributed by atoms with Crippen LogP contribution in [0.1, 0.15) is 37.9 Å². The molecule has 4 rings (SSSR count). The van der Waals surface area contributed by atoms with Crippen molar-refractivity contribution in [3.63, 3.8) is 0 Å². The van der Waals surface area contributed by atoms with Gasteiger partial charge in [0.2, 0.25) is 5.91 Å². The van der Waals surface area contributed by atoms with E-state index >= 15 is 0 Å². The van der Waals surface area contributed by atoms with E-state index in [0.717, 1.165) is 25.0 Å². The van der Waals surface area contributed by atoms with Gasteiger partial charge in [0.1, 0.15) is 5.76 Å². The molecule has 7 heteroatoms. The van der Waals surface area contributed by atoms with Gasteiger partial charge in [-0.3, -0.25) is 14.2 Å². The molecule has 0 saturated heterocycles. The van der Waals surface area contributed by atoms with Crippen LogP contribution < -0.4 is 5.56 Å². The number of aromatic nitrogens is 2. The Morgan fingerprint density at radius 3 is 2.87 bits per heavy atom. The van der Waals surface area contributed by atoms with Gasteiger partial charge in [0.15, 0.2) is 5.16 Å². The van der Waals surface area contributed by atoms with Crippen LogP contribution >= 0.6 is 11.8 Å². The fourth-order valence-corrected chi connectivity index (χ4v) is 4.77. The molecule has 1 amide bonds. The maximum atomic E-state index is 13.2. The molecule has 2 aromatic heterocycles. The molecular weight excluding hydrogens is 410 g/mol. The van der Waals surface area contributed by atoms with Crippen molar-refractivity contribution in [2.45, 2.75) is 50.4 Å².